The number of nitrogens with zero attached hydrogens (tertiary/aromatic N) is 1. The quantitative estimate of drug-likeness (QED) is 0.337. The summed E-state index contributed by atoms with van der Waals surface area (Å²) in [4.78, 5) is 4.22. The average molecular weight is 711 g/mol. The summed E-state index contributed by atoms with van der Waals surface area (Å²) in [6.45, 7) is 0. The van der Waals surface area contributed by atoms with E-state index in [-0.39, 0.29) is 30.1 Å². The van der Waals surface area contributed by atoms with Crippen LogP contribution >= 0.6 is 61.2 Å². The van der Waals surface area contributed by atoms with Crippen molar-refractivity contribution in [1.82, 2.24) is 4.98 Å². The van der Waals surface area contributed by atoms with Gasteiger partial charge < -0.3 is 9.84 Å². The molecule has 1 heterocycles. The molecule has 6 heteroatoms. The van der Waals surface area contributed by atoms with Gasteiger partial charge in [0.05, 0.1) is 6.10 Å². The summed E-state index contributed by atoms with van der Waals surface area (Å²) in [7, 11) is 0. The van der Waals surface area contributed by atoms with Gasteiger partial charge in [0.15, 0.2) is 0 Å². The first-order chi connectivity index (χ1) is 12.7. The van der Waals surface area contributed by atoms with E-state index in [1.54, 1.807) is 6.20 Å². The van der Waals surface area contributed by atoms with E-state index in [0.717, 1.165) is 42.4 Å². The largest absolute Gasteiger partial charge is 0.474 e. The first-order valence-electron chi connectivity index (χ1n) is 10.1. The lowest BCUT2D eigenvalue weighted by molar-refractivity contribution is 0.0965. The normalized spacial score (nSPS) is 35.7. The molecular weight excluding hydrogens is 679 g/mol. The highest BCUT2D eigenvalue weighted by Crippen LogP contribution is 2.43. The number of fused-ring (bicyclic) bond motifs is 4. The molecule has 4 aliphatic carbocycles. The maximum absolute atomic E-state index is 9.29. The van der Waals surface area contributed by atoms with Crippen molar-refractivity contribution in [2.45, 2.75) is 76.4 Å². The first-order valence-corrected chi connectivity index (χ1v) is 16.4. The van der Waals surface area contributed by atoms with Crippen molar-refractivity contribution in [3.63, 3.8) is 0 Å². The summed E-state index contributed by atoms with van der Waals surface area (Å²) < 4.78 is 5.93. The maximum atomic E-state index is 9.29. The number of rotatable bonds is 2. The number of ether oxygens (including phenoxy) is 1. The van der Waals surface area contributed by atoms with Gasteiger partial charge in [0.2, 0.25) is 5.88 Å². The Kier molecular flexibility index (Phi) is 11.5. The van der Waals surface area contributed by atoms with E-state index in [1.165, 1.54) is 51.4 Å². The van der Waals surface area contributed by atoms with Crippen LogP contribution in [0.15, 0.2) is 24.4 Å². The highest BCUT2D eigenvalue weighted by atomic mass is 128. The number of aliphatic hydroxyl groups excluding tert-OH is 1. The standard InChI is InChI=1S/C13H17NO.C8H14O.I2.HI/c1-2-6-14-13(3-1)15-12-8-10-4-5-11(7-10)9-12;9-8-4-6-1-2-7(3-6)5-8;1-2;/h1-3,6,10-12H,4-5,7-9H2;6-9H,1-5H2;;1H/t10-,11+,12?;6-,7+,8?;;. The van der Waals surface area contributed by atoms with E-state index in [0.29, 0.717) is 6.10 Å². The summed E-state index contributed by atoms with van der Waals surface area (Å²) in [5, 5.41) is 9.29. The molecule has 3 nitrogen and oxygen atoms in total. The minimum atomic E-state index is 0. The van der Waals surface area contributed by atoms with Crippen LogP contribution in [0.4, 0.5) is 0 Å². The zero-order valence-corrected chi connectivity index (χ0v) is 22.5. The Bertz CT molecular complexity index is 509. The van der Waals surface area contributed by atoms with Crippen molar-refractivity contribution < 1.29 is 9.84 Å². The molecule has 4 saturated carbocycles. The van der Waals surface area contributed by atoms with E-state index in [2.05, 4.69) is 42.2 Å². The van der Waals surface area contributed by atoms with Crippen LogP contribution in [0.2, 0.25) is 0 Å². The van der Waals surface area contributed by atoms with Gasteiger partial charge in [0.1, 0.15) is 6.10 Å². The minimum absolute atomic E-state index is 0. The van der Waals surface area contributed by atoms with Crippen LogP contribution in [0.5, 0.6) is 5.88 Å². The van der Waals surface area contributed by atoms with E-state index in [1.807, 2.05) is 18.2 Å². The van der Waals surface area contributed by atoms with Crippen molar-refractivity contribution in [2.75, 3.05) is 0 Å². The van der Waals surface area contributed by atoms with E-state index < -0.39 is 0 Å². The van der Waals surface area contributed by atoms with Gasteiger partial charge >= 0.3 is 0 Å². The smallest absolute Gasteiger partial charge is 0.213 e. The topological polar surface area (TPSA) is 42.4 Å². The lowest BCUT2D eigenvalue weighted by Crippen LogP contribution is -2.26. The maximum Gasteiger partial charge on any atom is 0.213 e. The Morgan fingerprint density at radius 1 is 0.815 bits per heavy atom. The second-order valence-corrected chi connectivity index (χ2v) is 8.59. The van der Waals surface area contributed by atoms with Gasteiger partial charge in [0.25, 0.3) is 0 Å². The van der Waals surface area contributed by atoms with Crippen LogP contribution in [0, 0.1) is 23.7 Å². The molecular formula is C21H32I3NO2. The van der Waals surface area contributed by atoms with Crippen LogP contribution in [-0.4, -0.2) is 22.3 Å². The third-order valence-electron chi connectivity index (χ3n) is 6.63. The molecule has 4 bridgehead atoms. The molecule has 5 rings (SSSR count). The minimum Gasteiger partial charge on any atom is -0.474 e. The van der Waals surface area contributed by atoms with Crippen molar-refractivity contribution in [3.8, 4) is 5.88 Å². The highest BCUT2D eigenvalue weighted by molar-refractivity contribution is 15.0. The molecule has 4 aliphatic rings. The molecule has 2 unspecified atom stereocenters. The molecule has 0 saturated heterocycles. The van der Waals surface area contributed by atoms with Crippen molar-refractivity contribution >= 4 is 61.2 Å². The molecule has 1 aromatic heterocycles. The van der Waals surface area contributed by atoms with Gasteiger partial charge in [-0.3, -0.25) is 0 Å². The summed E-state index contributed by atoms with van der Waals surface area (Å²) in [6, 6.07) is 5.87. The number of hydrogen-bond donors (Lipinski definition) is 1. The fraction of sp³-hybridized carbons (Fsp3) is 0.762. The molecule has 0 aliphatic heterocycles. The molecule has 1 aromatic rings. The van der Waals surface area contributed by atoms with Gasteiger partial charge in [0, 0.05) is 49.5 Å². The summed E-state index contributed by atoms with van der Waals surface area (Å²) >= 11 is 4.24. The van der Waals surface area contributed by atoms with Gasteiger partial charge in [-0.2, -0.15) is 0 Å². The van der Waals surface area contributed by atoms with Crippen LogP contribution < -0.4 is 4.74 Å². The van der Waals surface area contributed by atoms with Gasteiger partial charge in [-0.25, -0.2) is 4.98 Å². The van der Waals surface area contributed by atoms with Crippen molar-refractivity contribution in [1.29, 1.82) is 0 Å². The fourth-order valence-electron chi connectivity index (χ4n) is 5.60. The molecule has 154 valence electrons. The van der Waals surface area contributed by atoms with Gasteiger partial charge in [-0.05, 0) is 68.3 Å². The lowest BCUT2D eigenvalue weighted by atomic mass is 9.87. The second kappa shape index (κ2) is 12.7. The number of halogens is 3. The summed E-state index contributed by atoms with van der Waals surface area (Å²) in [5.41, 5.74) is 0. The Labute approximate surface area is 204 Å². The molecule has 0 aromatic carbocycles. The van der Waals surface area contributed by atoms with Crippen LogP contribution in [0.25, 0.3) is 0 Å². The van der Waals surface area contributed by atoms with Gasteiger partial charge in [-0.15, -0.1) is 24.0 Å². The molecule has 0 radical (unpaired) electrons. The molecule has 0 amide bonds. The Morgan fingerprint density at radius 2 is 1.33 bits per heavy atom. The average Bonchev–Trinajstić information content (AvgIpc) is 3.19. The third-order valence-corrected chi connectivity index (χ3v) is 6.63. The predicted molar refractivity (Wildman–Crippen MR) is 138 cm³/mol. The zero-order chi connectivity index (χ0) is 18.4. The van der Waals surface area contributed by atoms with E-state index in [4.69, 9.17) is 4.74 Å². The third kappa shape index (κ3) is 7.70. The molecule has 27 heavy (non-hydrogen) atoms. The molecule has 0 spiro atoms. The lowest BCUT2D eigenvalue weighted by Gasteiger charge is -2.27. The Morgan fingerprint density at radius 3 is 1.81 bits per heavy atom. The number of hydrogen-bond acceptors (Lipinski definition) is 3. The van der Waals surface area contributed by atoms with Crippen molar-refractivity contribution in [3.05, 3.63) is 24.4 Å². The van der Waals surface area contributed by atoms with Crippen molar-refractivity contribution in [2.24, 2.45) is 23.7 Å². The SMILES string of the molecule is I.II.OC1C[C@H]2CC[C@@H](C1)C2.c1ccc(OC2C[C@H]3CC[C@@H](C2)C3)nc1. The Balaban J connectivity index is 0.000000188. The fourth-order valence-corrected chi connectivity index (χ4v) is 5.60. The number of pyridine rings is 1. The number of aliphatic hydroxyl groups is 1. The van der Waals surface area contributed by atoms with E-state index >= 15 is 0 Å². The monoisotopic (exact) mass is 711 g/mol. The van der Waals surface area contributed by atoms with Crippen LogP contribution in [-0.2, 0) is 0 Å². The molecule has 4 fully saturated rings. The zero-order valence-electron chi connectivity index (χ0n) is 15.8. The summed E-state index contributed by atoms with van der Waals surface area (Å²) in [6.07, 6.45) is 15.4. The number of aromatic nitrogens is 1. The Hall–Kier alpha value is 1.10. The predicted octanol–water partition coefficient (Wildman–Crippen LogP) is 6.99. The van der Waals surface area contributed by atoms with Gasteiger partial charge in [-0.1, -0.05) is 31.7 Å². The summed E-state index contributed by atoms with van der Waals surface area (Å²) in [5.74, 6) is 4.43. The molecule has 1 N–H and O–H groups in total. The van der Waals surface area contributed by atoms with Crippen LogP contribution in [0.3, 0.4) is 0 Å². The highest BCUT2D eigenvalue weighted by Gasteiger charge is 2.35. The second-order valence-electron chi connectivity index (χ2n) is 8.59. The van der Waals surface area contributed by atoms with E-state index in [9.17, 15) is 5.11 Å². The first kappa shape index (κ1) is 24.4. The molecule has 6 atom stereocenters. The van der Waals surface area contributed by atoms with Crippen LogP contribution in [0.1, 0.15) is 64.2 Å².